The molecule has 1 saturated heterocycles. The normalized spacial score (nSPS) is 20.9. The molecule has 0 unspecified atom stereocenters. The van der Waals surface area contributed by atoms with E-state index in [9.17, 15) is 5.11 Å². The number of piperidine rings is 1. The predicted octanol–water partition coefficient (Wildman–Crippen LogP) is 2.78. The molecule has 7 nitrogen and oxygen atoms in total. The number of nitrogens with zero attached hydrogens (tertiary/aromatic N) is 4. The van der Waals surface area contributed by atoms with Crippen LogP contribution in [0.15, 0.2) is 41.3 Å². The highest BCUT2D eigenvalue weighted by Crippen LogP contribution is 2.29. The second-order valence-corrected chi connectivity index (χ2v) is 8.01. The third kappa shape index (κ3) is 3.95. The minimum atomic E-state index is -0.494. The molecule has 1 aliphatic heterocycles. The molecule has 142 valence electrons. The molecule has 2 aromatic heterocycles. The Morgan fingerprint density at radius 2 is 2.22 bits per heavy atom. The molecule has 0 saturated carbocycles. The van der Waals surface area contributed by atoms with Gasteiger partial charge in [0.25, 0.3) is 0 Å². The van der Waals surface area contributed by atoms with Crippen LogP contribution in [0.5, 0.6) is 0 Å². The zero-order valence-electron chi connectivity index (χ0n) is 14.5. The van der Waals surface area contributed by atoms with Gasteiger partial charge in [-0.1, -0.05) is 11.6 Å². The van der Waals surface area contributed by atoms with E-state index >= 15 is 0 Å². The highest BCUT2D eigenvalue weighted by molar-refractivity contribution is 9.10. The fraction of sp³-hybridized carbons (Fsp3) is 0.333. The first kappa shape index (κ1) is 18.6. The van der Waals surface area contributed by atoms with Crippen LogP contribution < -0.4 is 11.1 Å². The van der Waals surface area contributed by atoms with Gasteiger partial charge in [-0.05, 0) is 52.2 Å². The largest absolute Gasteiger partial charge is 0.390 e. The fourth-order valence-electron chi connectivity index (χ4n) is 3.35. The maximum absolute atomic E-state index is 10.1. The molecule has 0 aliphatic carbocycles. The summed E-state index contributed by atoms with van der Waals surface area (Å²) in [4.78, 5) is 6.63. The number of nitrogens with one attached hydrogen (secondary N) is 1. The Morgan fingerprint density at radius 3 is 3.00 bits per heavy atom. The summed E-state index contributed by atoms with van der Waals surface area (Å²) in [5, 5.41) is 18.3. The van der Waals surface area contributed by atoms with Gasteiger partial charge in [0.05, 0.1) is 11.1 Å². The van der Waals surface area contributed by atoms with Crippen molar-refractivity contribution in [3.8, 4) is 0 Å². The number of aromatic nitrogens is 3. The Labute approximate surface area is 170 Å². The number of benzene rings is 1. The molecule has 0 radical (unpaired) electrons. The van der Waals surface area contributed by atoms with E-state index in [0.29, 0.717) is 23.9 Å². The van der Waals surface area contributed by atoms with Crippen molar-refractivity contribution in [1.82, 2.24) is 19.5 Å². The van der Waals surface area contributed by atoms with Gasteiger partial charge in [0.2, 0.25) is 0 Å². The molecule has 4 N–H and O–H groups in total. The van der Waals surface area contributed by atoms with Crippen LogP contribution in [0.3, 0.4) is 0 Å². The first-order valence-corrected chi connectivity index (χ1v) is 9.87. The van der Waals surface area contributed by atoms with E-state index in [2.05, 4.69) is 36.2 Å². The SMILES string of the molecule is N[C@@H]1CCN(Cc2ccn3ncnc(Nc4ccc(Br)c(Cl)c4)c23)C[C@H]1O. The molecular formula is C18H20BrClN6O. The van der Waals surface area contributed by atoms with Crippen molar-refractivity contribution in [2.45, 2.75) is 25.1 Å². The summed E-state index contributed by atoms with van der Waals surface area (Å²) in [7, 11) is 0. The molecule has 1 aromatic carbocycles. The predicted molar refractivity (Wildman–Crippen MR) is 109 cm³/mol. The average molecular weight is 452 g/mol. The maximum atomic E-state index is 10.1. The lowest BCUT2D eigenvalue weighted by Crippen LogP contribution is -2.50. The van der Waals surface area contributed by atoms with Crippen molar-refractivity contribution >= 4 is 44.6 Å². The quantitative estimate of drug-likeness (QED) is 0.565. The number of likely N-dealkylation sites (tertiary alicyclic amines) is 1. The zero-order valence-corrected chi connectivity index (χ0v) is 16.9. The van der Waals surface area contributed by atoms with E-state index in [1.165, 1.54) is 6.33 Å². The molecule has 0 bridgehead atoms. The van der Waals surface area contributed by atoms with Crippen LogP contribution in [-0.2, 0) is 6.54 Å². The summed E-state index contributed by atoms with van der Waals surface area (Å²) in [5.41, 5.74) is 8.75. The number of hydrogen-bond acceptors (Lipinski definition) is 6. The Kier molecular flexibility index (Phi) is 5.34. The summed E-state index contributed by atoms with van der Waals surface area (Å²) < 4.78 is 2.64. The van der Waals surface area contributed by atoms with Gasteiger partial charge >= 0.3 is 0 Å². The number of halogens is 2. The van der Waals surface area contributed by atoms with Crippen LogP contribution >= 0.6 is 27.5 Å². The van der Waals surface area contributed by atoms with Gasteiger partial charge in [0.1, 0.15) is 11.8 Å². The highest BCUT2D eigenvalue weighted by atomic mass is 79.9. The van der Waals surface area contributed by atoms with Crippen LogP contribution in [0.2, 0.25) is 5.02 Å². The Balaban J connectivity index is 1.62. The maximum Gasteiger partial charge on any atom is 0.158 e. The lowest BCUT2D eigenvalue weighted by molar-refractivity contribution is 0.0501. The van der Waals surface area contributed by atoms with Crippen molar-refractivity contribution in [2.24, 2.45) is 5.73 Å². The van der Waals surface area contributed by atoms with Crippen molar-refractivity contribution in [3.05, 3.63) is 51.8 Å². The molecule has 4 rings (SSSR count). The van der Waals surface area contributed by atoms with E-state index in [1.54, 1.807) is 4.52 Å². The second-order valence-electron chi connectivity index (χ2n) is 6.75. The number of aliphatic hydroxyl groups is 1. The van der Waals surface area contributed by atoms with E-state index < -0.39 is 6.10 Å². The second kappa shape index (κ2) is 7.73. The van der Waals surface area contributed by atoms with Gasteiger partial charge < -0.3 is 16.2 Å². The number of hydrogen-bond donors (Lipinski definition) is 3. The van der Waals surface area contributed by atoms with Crippen LogP contribution in [0.25, 0.3) is 5.52 Å². The average Bonchev–Trinajstić information content (AvgIpc) is 3.05. The van der Waals surface area contributed by atoms with Crippen molar-refractivity contribution < 1.29 is 5.11 Å². The summed E-state index contributed by atoms with van der Waals surface area (Å²) in [5.74, 6) is 0.706. The molecular weight excluding hydrogens is 432 g/mol. The first-order chi connectivity index (χ1) is 13.0. The molecule has 1 fully saturated rings. The van der Waals surface area contributed by atoms with Gasteiger partial charge in [0.15, 0.2) is 5.82 Å². The van der Waals surface area contributed by atoms with Gasteiger partial charge in [0, 0.05) is 42.0 Å². The lowest BCUT2D eigenvalue weighted by Gasteiger charge is -2.33. The van der Waals surface area contributed by atoms with E-state index in [0.717, 1.165) is 34.2 Å². The summed E-state index contributed by atoms with van der Waals surface area (Å²) in [6, 6.07) is 7.55. The lowest BCUT2D eigenvalue weighted by atomic mass is 10.0. The smallest absolute Gasteiger partial charge is 0.158 e. The van der Waals surface area contributed by atoms with Crippen molar-refractivity contribution in [2.75, 3.05) is 18.4 Å². The monoisotopic (exact) mass is 450 g/mol. The van der Waals surface area contributed by atoms with E-state index in [-0.39, 0.29) is 6.04 Å². The third-order valence-corrected chi connectivity index (χ3v) is 6.06. The number of fused-ring (bicyclic) bond motifs is 1. The number of aliphatic hydroxyl groups excluding tert-OH is 1. The van der Waals surface area contributed by atoms with Gasteiger partial charge in [-0.15, -0.1) is 0 Å². The van der Waals surface area contributed by atoms with Gasteiger partial charge in [-0.2, -0.15) is 5.10 Å². The standard InChI is InChI=1S/C18H20BrClN6O/c19-13-2-1-12(7-14(13)20)24-18-17-11(3-6-26(17)23-10-22-18)8-25-5-4-15(21)16(27)9-25/h1-3,6-7,10,15-16,27H,4-5,8-9,21H2,(H,22,23,24)/t15-,16-/m1/s1. The minimum absolute atomic E-state index is 0.144. The molecule has 3 heterocycles. The number of nitrogens with two attached hydrogens (primary N) is 1. The van der Waals surface area contributed by atoms with Crippen LogP contribution in [0.4, 0.5) is 11.5 Å². The molecule has 9 heteroatoms. The number of β-amino-alcohol motifs (C(OH)–C–C–N with tert-alkyl or cyclic N) is 1. The fourth-order valence-corrected chi connectivity index (χ4v) is 3.77. The van der Waals surface area contributed by atoms with Crippen molar-refractivity contribution in [1.29, 1.82) is 0 Å². The zero-order chi connectivity index (χ0) is 19.0. The number of rotatable bonds is 4. The van der Waals surface area contributed by atoms with Crippen LogP contribution in [-0.4, -0.2) is 49.8 Å². The van der Waals surface area contributed by atoms with Gasteiger partial charge in [-0.3, -0.25) is 4.90 Å². The molecule has 2 atom stereocenters. The summed E-state index contributed by atoms with van der Waals surface area (Å²) in [6.45, 7) is 2.12. The Morgan fingerprint density at radius 1 is 1.37 bits per heavy atom. The van der Waals surface area contributed by atoms with Gasteiger partial charge in [-0.25, -0.2) is 9.50 Å². The topological polar surface area (TPSA) is 91.7 Å². The molecule has 3 aromatic rings. The van der Waals surface area contributed by atoms with Crippen LogP contribution in [0.1, 0.15) is 12.0 Å². The van der Waals surface area contributed by atoms with Crippen molar-refractivity contribution in [3.63, 3.8) is 0 Å². The number of anilines is 2. The van der Waals surface area contributed by atoms with E-state index in [1.807, 2.05) is 30.5 Å². The minimum Gasteiger partial charge on any atom is -0.390 e. The Bertz CT molecular complexity index is 964. The third-order valence-electron chi connectivity index (χ3n) is 4.83. The summed E-state index contributed by atoms with van der Waals surface area (Å²) >= 11 is 9.60. The molecule has 1 aliphatic rings. The van der Waals surface area contributed by atoms with E-state index in [4.69, 9.17) is 17.3 Å². The molecule has 0 amide bonds. The first-order valence-electron chi connectivity index (χ1n) is 8.70. The highest BCUT2D eigenvalue weighted by Gasteiger charge is 2.25. The summed E-state index contributed by atoms with van der Waals surface area (Å²) in [6.07, 6.45) is 3.72. The molecule has 0 spiro atoms. The van der Waals surface area contributed by atoms with Crippen LogP contribution in [0, 0.1) is 0 Å². The Hall–Kier alpha value is -1.71. The molecule has 27 heavy (non-hydrogen) atoms.